The van der Waals surface area contributed by atoms with Gasteiger partial charge < -0.3 is 19.9 Å². The standard InChI is InChI=1S/C18H36N4O.HI/c1-16-6-11-21(12-7-16)10-5-4-9-20-18(19-2)22-13-8-17(14-22)15-23-3;/h16-17H,4-15H2,1-3H3,(H,19,20);1H. The van der Waals surface area contributed by atoms with Crippen molar-refractivity contribution in [3.05, 3.63) is 0 Å². The highest BCUT2D eigenvalue weighted by Crippen LogP contribution is 2.17. The van der Waals surface area contributed by atoms with Gasteiger partial charge in [0.15, 0.2) is 5.96 Å². The molecular formula is C18H37IN4O. The fourth-order valence-corrected chi connectivity index (χ4v) is 3.68. The van der Waals surface area contributed by atoms with Gasteiger partial charge in [-0.25, -0.2) is 0 Å². The van der Waals surface area contributed by atoms with Crippen LogP contribution in [0.3, 0.4) is 0 Å². The Hall–Kier alpha value is -0.0800. The maximum Gasteiger partial charge on any atom is 0.193 e. The van der Waals surface area contributed by atoms with Gasteiger partial charge in [0, 0.05) is 39.7 Å². The molecule has 2 rings (SSSR count). The number of piperidine rings is 1. The van der Waals surface area contributed by atoms with Crippen LogP contribution in [0.2, 0.25) is 0 Å². The van der Waals surface area contributed by atoms with Gasteiger partial charge in [-0.05, 0) is 57.7 Å². The number of ether oxygens (including phenoxy) is 1. The van der Waals surface area contributed by atoms with Gasteiger partial charge in [0.25, 0.3) is 0 Å². The Labute approximate surface area is 165 Å². The summed E-state index contributed by atoms with van der Waals surface area (Å²) in [6.45, 7) is 10.3. The van der Waals surface area contributed by atoms with E-state index in [4.69, 9.17) is 4.74 Å². The molecule has 0 spiro atoms. The summed E-state index contributed by atoms with van der Waals surface area (Å²) in [5.41, 5.74) is 0. The van der Waals surface area contributed by atoms with Gasteiger partial charge in [-0.15, -0.1) is 24.0 Å². The van der Waals surface area contributed by atoms with Crippen molar-refractivity contribution in [3.8, 4) is 0 Å². The van der Waals surface area contributed by atoms with Crippen molar-refractivity contribution in [2.75, 3.05) is 60.0 Å². The number of hydrogen-bond acceptors (Lipinski definition) is 3. The van der Waals surface area contributed by atoms with E-state index in [0.29, 0.717) is 5.92 Å². The summed E-state index contributed by atoms with van der Waals surface area (Å²) >= 11 is 0. The van der Waals surface area contributed by atoms with Crippen LogP contribution in [0.5, 0.6) is 0 Å². The minimum Gasteiger partial charge on any atom is -0.384 e. The number of likely N-dealkylation sites (tertiary alicyclic amines) is 2. The second-order valence-corrected chi connectivity index (χ2v) is 7.26. The molecular weight excluding hydrogens is 415 g/mol. The van der Waals surface area contributed by atoms with E-state index in [1.54, 1.807) is 7.11 Å². The van der Waals surface area contributed by atoms with E-state index in [2.05, 4.69) is 27.0 Å². The lowest BCUT2D eigenvalue weighted by Crippen LogP contribution is -2.40. The molecule has 142 valence electrons. The van der Waals surface area contributed by atoms with E-state index in [1.165, 1.54) is 51.7 Å². The predicted molar refractivity (Wildman–Crippen MR) is 112 cm³/mol. The van der Waals surface area contributed by atoms with Crippen molar-refractivity contribution >= 4 is 29.9 Å². The molecule has 2 fully saturated rings. The third kappa shape index (κ3) is 7.44. The van der Waals surface area contributed by atoms with Gasteiger partial charge in [-0.1, -0.05) is 6.92 Å². The minimum atomic E-state index is 0. The lowest BCUT2D eigenvalue weighted by molar-refractivity contribution is 0.157. The number of nitrogens with zero attached hydrogens (tertiary/aromatic N) is 3. The molecule has 2 aliphatic rings. The first kappa shape index (κ1) is 22.0. The largest absolute Gasteiger partial charge is 0.384 e. The zero-order valence-corrected chi connectivity index (χ0v) is 18.1. The summed E-state index contributed by atoms with van der Waals surface area (Å²) in [7, 11) is 3.68. The molecule has 0 aromatic rings. The van der Waals surface area contributed by atoms with Gasteiger partial charge in [-0.3, -0.25) is 4.99 Å². The fourth-order valence-electron chi connectivity index (χ4n) is 3.68. The van der Waals surface area contributed by atoms with E-state index in [0.717, 1.165) is 38.1 Å². The molecule has 6 heteroatoms. The highest BCUT2D eigenvalue weighted by atomic mass is 127. The molecule has 0 radical (unpaired) electrons. The van der Waals surface area contributed by atoms with Crippen LogP contribution in [-0.2, 0) is 4.74 Å². The summed E-state index contributed by atoms with van der Waals surface area (Å²) in [5.74, 6) is 2.65. The predicted octanol–water partition coefficient (Wildman–Crippen LogP) is 2.66. The average molecular weight is 452 g/mol. The van der Waals surface area contributed by atoms with Crippen LogP contribution in [0.1, 0.15) is 39.0 Å². The fraction of sp³-hybridized carbons (Fsp3) is 0.944. The van der Waals surface area contributed by atoms with Crippen molar-refractivity contribution < 1.29 is 4.74 Å². The molecule has 0 aromatic carbocycles. The maximum absolute atomic E-state index is 5.27. The zero-order valence-electron chi connectivity index (χ0n) is 15.8. The third-order valence-electron chi connectivity index (χ3n) is 5.26. The quantitative estimate of drug-likeness (QED) is 0.279. The van der Waals surface area contributed by atoms with Crippen LogP contribution < -0.4 is 5.32 Å². The second kappa shape index (κ2) is 12.3. The highest BCUT2D eigenvalue weighted by Gasteiger charge is 2.24. The minimum absolute atomic E-state index is 0. The van der Waals surface area contributed by atoms with Crippen molar-refractivity contribution in [1.82, 2.24) is 15.1 Å². The Morgan fingerprint density at radius 3 is 2.58 bits per heavy atom. The van der Waals surface area contributed by atoms with E-state index >= 15 is 0 Å². The topological polar surface area (TPSA) is 40.1 Å². The Bertz CT molecular complexity index is 359. The summed E-state index contributed by atoms with van der Waals surface area (Å²) in [4.78, 5) is 9.44. The van der Waals surface area contributed by atoms with Gasteiger partial charge in [-0.2, -0.15) is 0 Å². The molecule has 0 amide bonds. The summed E-state index contributed by atoms with van der Waals surface area (Å²) in [6.07, 6.45) is 6.47. The summed E-state index contributed by atoms with van der Waals surface area (Å²) < 4.78 is 5.27. The monoisotopic (exact) mass is 452 g/mol. The summed E-state index contributed by atoms with van der Waals surface area (Å²) in [5, 5.41) is 3.54. The van der Waals surface area contributed by atoms with Crippen LogP contribution in [-0.4, -0.2) is 75.8 Å². The molecule has 0 bridgehead atoms. The van der Waals surface area contributed by atoms with Gasteiger partial charge in [0.1, 0.15) is 0 Å². The number of aliphatic imine (C=N–C) groups is 1. The number of unbranched alkanes of at least 4 members (excludes halogenated alkanes) is 1. The van der Waals surface area contributed by atoms with E-state index in [1.807, 2.05) is 7.05 Å². The van der Waals surface area contributed by atoms with Crippen molar-refractivity contribution in [2.45, 2.75) is 39.0 Å². The number of nitrogens with one attached hydrogen (secondary N) is 1. The Balaban J connectivity index is 0.00000288. The molecule has 1 unspecified atom stereocenters. The first-order valence-electron chi connectivity index (χ1n) is 9.39. The number of guanidine groups is 1. The van der Waals surface area contributed by atoms with E-state index in [9.17, 15) is 0 Å². The molecule has 0 saturated carbocycles. The molecule has 2 saturated heterocycles. The molecule has 2 heterocycles. The van der Waals surface area contributed by atoms with Gasteiger partial charge in [0.05, 0.1) is 6.61 Å². The van der Waals surface area contributed by atoms with E-state index in [-0.39, 0.29) is 24.0 Å². The number of hydrogen-bond donors (Lipinski definition) is 1. The lowest BCUT2D eigenvalue weighted by atomic mass is 9.99. The average Bonchev–Trinajstić information content (AvgIpc) is 3.01. The Morgan fingerprint density at radius 1 is 1.17 bits per heavy atom. The van der Waals surface area contributed by atoms with E-state index < -0.39 is 0 Å². The Kier molecular flexibility index (Phi) is 11.3. The highest BCUT2D eigenvalue weighted by molar-refractivity contribution is 14.0. The first-order chi connectivity index (χ1) is 11.2. The van der Waals surface area contributed by atoms with Crippen molar-refractivity contribution in [2.24, 2.45) is 16.8 Å². The number of methoxy groups -OCH3 is 1. The van der Waals surface area contributed by atoms with Crippen LogP contribution >= 0.6 is 24.0 Å². The van der Waals surface area contributed by atoms with Crippen molar-refractivity contribution in [1.29, 1.82) is 0 Å². The third-order valence-corrected chi connectivity index (χ3v) is 5.26. The lowest BCUT2D eigenvalue weighted by Gasteiger charge is -2.30. The molecule has 5 nitrogen and oxygen atoms in total. The van der Waals surface area contributed by atoms with Crippen molar-refractivity contribution in [3.63, 3.8) is 0 Å². The van der Waals surface area contributed by atoms with Gasteiger partial charge >= 0.3 is 0 Å². The molecule has 1 N–H and O–H groups in total. The first-order valence-corrected chi connectivity index (χ1v) is 9.39. The summed E-state index contributed by atoms with van der Waals surface area (Å²) in [6, 6.07) is 0. The smallest absolute Gasteiger partial charge is 0.193 e. The maximum atomic E-state index is 5.27. The van der Waals surface area contributed by atoms with Crippen LogP contribution in [0.4, 0.5) is 0 Å². The molecule has 24 heavy (non-hydrogen) atoms. The van der Waals surface area contributed by atoms with Crippen LogP contribution in [0.15, 0.2) is 4.99 Å². The SMILES string of the molecule is CN=C(NCCCCN1CCC(C)CC1)N1CCC(COC)C1.I. The molecule has 0 aliphatic carbocycles. The number of halogens is 1. The van der Waals surface area contributed by atoms with Crippen LogP contribution in [0.25, 0.3) is 0 Å². The van der Waals surface area contributed by atoms with Gasteiger partial charge in [0.2, 0.25) is 0 Å². The second-order valence-electron chi connectivity index (χ2n) is 7.26. The zero-order chi connectivity index (χ0) is 16.5. The Morgan fingerprint density at radius 2 is 1.92 bits per heavy atom. The number of rotatable bonds is 7. The van der Waals surface area contributed by atoms with Crippen LogP contribution in [0, 0.1) is 11.8 Å². The molecule has 1 atom stereocenters. The normalized spacial score (nSPS) is 23.4. The molecule has 2 aliphatic heterocycles. The molecule has 0 aromatic heterocycles.